The third-order valence-corrected chi connectivity index (χ3v) is 1.72. The Morgan fingerprint density at radius 3 is 2.75 bits per heavy atom. The maximum atomic E-state index is 5.20. The zero-order valence-electron chi connectivity index (χ0n) is 8.36. The molecule has 0 aliphatic rings. The number of rotatable bonds is 8. The van der Waals surface area contributed by atoms with Gasteiger partial charge in [-0.25, -0.2) is 0 Å². The van der Waals surface area contributed by atoms with Crippen LogP contribution in [0.4, 0.5) is 0 Å². The standard InChI is InChI=1S/C10H21NO/c1-4-10(3)9-11-7-6-8-12-5-2/h11H,3-9H2,1-2H3. The molecule has 2 nitrogen and oxygen atoms in total. The molecule has 0 radical (unpaired) electrons. The van der Waals surface area contributed by atoms with Gasteiger partial charge >= 0.3 is 0 Å². The fraction of sp³-hybridized carbons (Fsp3) is 0.800. The normalized spacial score (nSPS) is 10.2. The Hall–Kier alpha value is -0.340. The minimum atomic E-state index is 0.821. The number of hydrogen-bond donors (Lipinski definition) is 1. The molecule has 0 aromatic rings. The average Bonchev–Trinajstić information content (AvgIpc) is 2.10. The molecule has 1 N–H and O–H groups in total. The Balaban J connectivity index is 2.95. The summed E-state index contributed by atoms with van der Waals surface area (Å²) in [5.74, 6) is 0. The summed E-state index contributed by atoms with van der Waals surface area (Å²) in [6, 6.07) is 0. The van der Waals surface area contributed by atoms with Gasteiger partial charge in [0.15, 0.2) is 0 Å². The van der Waals surface area contributed by atoms with E-state index in [0.29, 0.717) is 0 Å². The van der Waals surface area contributed by atoms with Crippen molar-refractivity contribution >= 4 is 0 Å². The quantitative estimate of drug-likeness (QED) is 0.445. The van der Waals surface area contributed by atoms with E-state index in [-0.39, 0.29) is 0 Å². The topological polar surface area (TPSA) is 21.3 Å². The first-order chi connectivity index (χ1) is 5.81. The van der Waals surface area contributed by atoms with E-state index in [1.54, 1.807) is 0 Å². The molecule has 0 unspecified atom stereocenters. The third kappa shape index (κ3) is 7.76. The molecule has 72 valence electrons. The minimum absolute atomic E-state index is 0.821. The van der Waals surface area contributed by atoms with Crippen LogP contribution in [0.15, 0.2) is 12.2 Å². The van der Waals surface area contributed by atoms with E-state index in [2.05, 4.69) is 18.8 Å². The third-order valence-electron chi connectivity index (χ3n) is 1.72. The molecule has 0 atom stereocenters. The van der Waals surface area contributed by atoms with Gasteiger partial charge in [-0.05, 0) is 26.3 Å². The Bertz CT molecular complexity index is 112. The molecular weight excluding hydrogens is 150 g/mol. The Labute approximate surface area is 76.0 Å². The SMILES string of the molecule is C=C(CC)CNCCCOCC. The summed E-state index contributed by atoms with van der Waals surface area (Å²) in [5.41, 5.74) is 1.27. The number of ether oxygens (including phenoxy) is 1. The summed E-state index contributed by atoms with van der Waals surface area (Å²) in [4.78, 5) is 0. The van der Waals surface area contributed by atoms with Gasteiger partial charge in [-0.3, -0.25) is 0 Å². The second-order valence-corrected chi connectivity index (χ2v) is 2.83. The summed E-state index contributed by atoms with van der Waals surface area (Å²) in [5, 5.41) is 3.32. The second-order valence-electron chi connectivity index (χ2n) is 2.83. The van der Waals surface area contributed by atoms with Crippen LogP contribution in [0.2, 0.25) is 0 Å². The monoisotopic (exact) mass is 171 g/mol. The van der Waals surface area contributed by atoms with Crippen LogP contribution in [0.1, 0.15) is 26.7 Å². The van der Waals surface area contributed by atoms with Crippen molar-refractivity contribution < 1.29 is 4.74 Å². The molecule has 0 heterocycles. The Morgan fingerprint density at radius 2 is 2.17 bits per heavy atom. The van der Waals surface area contributed by atoms with E-state index in [4.69, 9.17) is 4.74 Å². The summed E-state index contributed by atoms with van der Waals surface area (Å²) < 4.78 is 5.20. The molecule has 0 saturated carbocycles. The van der Waals surface area contributed by atoms with E-state index < -0.39 is 0 Å². The lowest BCUT2D eigenvalue weighted by Crippen LogP contribution is -2.19. The van der Waals surface area contributed by atoms with Crippen molar-refractivity contribution in [3.8, 4) is 0 Å². The highest BCUT2D eigenvalue weighted by molar-refractivity contribution is 4.94. The molecule has 0 aliphatic heterocycles. The molecule has 2 heteroatoms. The fourth-order valence-corrected chi connectivity index (χ4v) is 0.834. The smallest absolute Gasteiger partial charge is 0.0477 e. The van der Waals surface area contributed by atoms with Gasteiger partial charge in [-0.2, -0.15) is 0 Å². The van der Waals surface area contributed by atoms with Crippen LogP contribution in [-0.4, -0.2) is 26.3 Å². The zero-order chi connectivity index (χ0) is 9.23. The lowest BCUT2D eigenvalue weighted by Gasteiger charge is -2.05. The first-order valence-corrected chi connectivity index (χ1v) is 4.76. The Kier molecular flexibility index (Phi) is 8.51. The van der Waals surface area contributed by atoms with Crippen LogP contribution in [0.5, 0.6) is 0 Å². The van der Waals surface area contributed by atoms with Crippen LogP contribution < -0.4 is 5.32 Å². The molecule has 0 aliphatic carbocycles. The summed E-state index contributed by atoms with van der Waals surface area (Å²) in [6.45, 7) is 11.7. The zero-order valence-corrected chi connectivity index (χ0v) is 8.36. The van der Waals surface area contributed by atoms with Gasteiger partial charge in [0.05, 0.1) is 0 Å². The van der Waals surface area contributed by atoms with Gasteiger partial charge < -0.3 is 10.1 Å². The molecule has 0 saturated heterocycles. The predicted molar refractivity (Wildman–Crippen MR) is 53.4 cm³/mol. The van der Waals surface area contributed by atoms with Crippen LogP contribution in [0.25, 0.3) is 0 Å². The molecule has 0 rings (SSSR count). The van der Waals surface area contributed by atoms with Gasteiger partial charge in [0.2, 0.25) is 0 Å². The van der Waals surface area contributed by atoms with Crippen molar-refractivity contribution in [2.24, 2.45) is 0 Å². The maximum Gasteiger partial charge on any atom is 0.0477 e. The van der Waals surface area contributed by atoms with Crippen molar-refractivity contribution in [2.45, 2.75) is 26.7 Å². The van der Waals surface area contributed by atoms with E-state index in [1.807, 2.05) is 6.92 Å². The first kappa shape index (κ1) is 11.7. The minimum Gasteiger partial charge on any atom is -0.382 e. The van der Waals surface area contributed by atoms with Gasteiger partial charge in [-0.15, -0.1) is 0 Å². The highest BCUT2D eigenvalue weighted by Crippen LogP contribution is 1.92. The van der Waals surface area contributed by atoms with Crippen LogP contribution >= 0.6 is 0 Å². The summed E-state index contributed by atoms with van der Waals surface area (Å²) in [6.07, 6.45) is 2.16. The maximum absolute atomic E-state index is 5.20. The lowest BCUT2D eigenvalue weighted by atomic mass is 10.2. The molecule has 0 aromatic carbocycles. The summed E-state index contributed by atoms with van der Waals surface area (Å²) in [7, 11) is 0. The van der Waals surface area contributed by atoms with Crippen LogP contribution in [0.3, 0.4) is 0 Å². The van der Waals surface area contributed by atoms with Crippen molar-refractivity contribution in [1.82, 2.24) is 5.32 Å². The predicted octanol–water partition coefficient (Wildman–Crippen LogP) is 1.97. The molecule has 12 heavy (non-hydrogen) atoms. The highest BCUT2D eigenvalue weighted by atomic mass is 16.5. The lowest BCUT2D eigenvalue weighted by molar-refractivity contribution is 0.145. The van der Waals surface area contributed by atoms with Crippen molar-refractivity contribution in [3.05, 3.63) is 12.2 Å². The molecule has 0 fully saturated rings. The highest BCUT2D eigenvalue weighted by Gasteiger charge is 1.90. The van der Waals surface area contributed by atoms with Gasteiger partial charge in [-0.1, -0.05) is 19.1 Å². The second kappa shape index (κ2) is 8.75. The van der Waals surface area contributed by atoms with Crippen molar-refractivity contribution in [1.29, 1.82) is 0 Å². The van der Waals surface area contributed by atoms with Gasteiger partial charge in [0.1, 0.15) is 0 Å². The molecule has 0 aromatic heterocycles. The fourth-order valence-electron chi connectivity index (χ4n) is 0.834. The van der Waals surface area contributed by atoms with Gasteiger partial charge in [0.25, 0.3) is 0 Å². The van der Waals surface area contributed by atoms with E-state index in [1.165, 1.54) is 5.57 Å². The first-order valence-electron chi connectivity index (χ1n) is 4.76. The van der Waals surface area contributed by atoms with E-state index >= 15 is 0 Å². The summed E-state index contributed by atoms with van der Waals surface area (Å²) >= 11 is 0. The van der Waals surface area contributed by atoms with Crippen LogP contribution in [-0.2, 0) is 4.74 Å². The van der Waals surface area contributed by atoms with Crippen molar-refractivity contribution in [3.63, 3.8) is 0 Å². The number of hydrogen-bond acceptors (Lipinski definition) is 2. The Morgan fingerprint density at radius 1 is 1.42 bits per heavy atom. The van der Waals surface area contributed by atoms with E-state index in [0.717, 1.165) is 39.1 Å². The molecular formula is C10H21NO. The molecule has 0 bridgehead atoms. The van der Waals surface area contributed by atoms with E-state index in [9.17, 15) is 0 Å². The molecule has 0 amide bonds. The molecule has 0 spiro atoms. The number of nitrogens with one attached hydrogen (secondary N) is 1. The largest absolute Gasteiger partial charge is 0.382 e. The average molecular weight is 171 g/mol. The van der Waals surface area contributed by atoms with Gasteiger partial charge in [0, 0.05) is 19.8 Å². The van der Waals surface area contributed by atoms with Crippen LogP contribution in [0, 0.1) is 0 Å². The van der Waals surface area contributed by atoms with Crippen molar-refractivity contribution in [2.75, 3.05) is 26.3 Å².